The van der Waals surface area contributed by atoms with Gasteiger partial charge in [0.15, 0.2) is 5.76 Å². The monoisotopic (exact) mass is 474 g/mol. The van der Waals surface area contributed by atoms with Gasteiger partial charge in [0, 0.05) is 5.41 Å². The van der Waals surface area contributed by atoms with Gasteiger partial charge in [-0.2, -0.15) is 0 Å². The van der Waals surface area contributed by atoms with Gasteiger partial charge in [-0.1, -0.05) is 25.5 Å². The van der Waals surface area contributed by atoms with Crippen LogP contribution in [0.5, 0.6) is 0 Å². The summed E-state index contributed by atoms with van der Waals surface area (Å²) in [5, 5.41) is 21.9. The number of carbonyl (C=O) groups is 1. The Morgan fingerprint density at radius 2 is 1.88 bits per heavy atom. The molecule has 0 radical (unpaired) electrons. The van der Waals surface area contributed by atoms with Gasteiger partial charge in [0.25, 0.3) is 5.78 Å². The highest BCUT2D eigenvalue weighted by molar-refractivity contribution is 5.96. The van der Waals surface area contributed by atoms with E-state index in [2.05, 4.69) is 19.9 Å². The van der Waals surface area contributed by atoms with Crippen molar-refractivity contribution in [1.29, 1.82) is 0 Å². The van der Waals surface area contributed by atoms with Crippen molar-refractivity contribution < 1.29 is 29.2 Å². The summed E-state index contributed by atoms with van der Waals surface area (Å²) in [7, 11) is 1.51. The minimum atomic E-state index is -0.974. The van der Waals surface area contributed by atoms with Crippen LogP contribution < -0.4 is 0 Å². The predicted octanol–water partition coefficient (Wildman–Crippen LogP) is 4.29. The van der Waals surface area contributed by atoms with Crippen molar-refractivity contribution in [3.05, 3.63) is 23.5 Å². The first kappa shape index (κ1) is 24.5. The molecule has 0 amide bonds. The van der Waals surface area contributed by atoms with E-state index in [1.165, 1.54) is 12.7 Å². The van der Waals surface area contributed by atoms with Crippen LogP contribution in [0.3, 0.4) is 0 Å². The van der Waals surface area contributed by atoms with E-state index in [9.17, 15) is 15.0 Å². The molecule has 10 atom stereocenters. The number of allylic oxidation sites excluding steroid dienone is 1. The Labute approximate surface area is 203 Å². The molecule has 10 unspecified atom stereocenters. The minimum Gasteiger partial charge on any atom is -0.493 e. The number of methoxy groups -OCH3 is 1. The van der Waals surface area contributed by atoms with Crippen LogP contribution in [0.25, 0.3) is 0 Å². The average Bonchev–Trinajstić information content (AvgIpc) is 3.08. The van der Waals surface area contributed by atoms with Gasteiger partial charge in [0.2, 0.25) is 6.29 Å². The first-order valence-electron chi connectivity index (χ1n) is 13.2. The lowest BCUT2D eigenvalue weighted by Gasteiger charge is -2.59. The molecule has 0 aromatic heterocycles. The Hall–Kier alpha value is -1.21. The maximum Gasteiger partial charge on any atom is 0.252 e. The van der Waals surface area contributed by atoms with Crippen LogP contribution in [0.4, 0.5) is 0 Å². The van der Waals surface area contributed by atoms with Gasteiger partial charge in [-0.05, 0) is 94.5 Å². The number of hydrogen-bond acceptors (Lipinski definition) is 6. The Morgan fingerprint density at radius 1 is 1.15 bits per heavy atom. The molecule has 5 aliphatic rings. The van der Waals surface area contributed by atoms with Crippen LogP contribution in [0.2, 0.25) is 0 Å². The minimum absolute atomic E-state index is 0.0334. The molecule has 0 bridgehead atoms. The summed E-state index contributed by atoms with van der Waals surface area (Å²) in [6.07, 6.45) is 9.87. The number of aliphatic hydroxyl groups excluding tert-OH is 1. The van der Waals surface area contributed by atoms with Gasteiger partial charge in [0.05, 0.1) is 31.0 Å². The summed E-state index contributed by atoms with van der Waals surface area (Å²) in [6, 6.07) is 0. The number of rotatable bonds is 4. The number of fused-ring (bicyclic) bond motifs is 5. The van der Waals surface area contributed by atoms with E-state index in [0.717, 1.165) is 44.9 Å². The molecule has 3 fully saturated rings. The summed E-state index contributed by atoms with van der Waals surface area (Å²) in [4.78, 5) is 12.6. The van der Waals surface area contributed by atoms with Crippen LogP contribution in [-0.4, -0.2) is 53.3 Å². The van der Waals surface area contributed by atoms with E-state index < -0.39 is 18.0 Å². The first-order chi connectivity index (χ1) is 16.0. The molecule has 0 saturated heterocycles. The van der Waals surface area contributed by atoms with Crippen molar-refractivity contribution in [3.63, 3.8) is 0 Å². The Bertz CT molecular complexity index is 893. The fourth-order valence-electron chi connectivity index (χ4n) is 8.63. The molecule has 34 heavy (non-hydrogen) atoms. The molecular weight excluding hydrogens is 432 g/mol. The van der Waals surface area contributed by atoms with Gasteiger partial charge < -0.3 is 24.4 Å². The SMILES string of the molecule is COC1=CC(C)OC(OC2CCC3(C)C(=CCC4C3CCC3(C)C4CCC3(O)C(C)O)C2)C1=O. The largest absolute Gasteiger partial charge is 0.493 e. The van der Waals surface area contributed by atoms with Gasteiger partial charge in [-0.25, -0.2) is 0 Å². The summed E-state index contributed by atoms with van der Waals surface area (Å²) in [5.74, 6) is 1.69. The summed E-state index contributed by atoms with van der Waals surface area (Å²) in [6.45, 7) is 8.31. The van der Waals surface area contributed by atoms with Crippen LogP contribution in [-0.2, 0) is 19.0 Å². The van der Waals surface area contributed by atoms with E-state index >= 15 is 0 Å². The zero-order valence-corrected chi connectivity index (χ0v) is 21.4. The summed E-state index contributed by atoms with van der Waals surface area (Å²) < 4.78 is 17.2. The van der Waals surface area contributed by atoms with Crippen molar-refractivity contribution in [3.8, 4) is 0 Å². The highest BCUT2D eigenvalue weighted by atomic mass is 16.7. The number of ether oxygens (including phenoxy) is 3. The summed E-state index contributed by atoms with van der Waals surface area (Å²) >= 11 is 0. The second-order valence-electron chi connectivity index (χ2n) is 12.1. The van der Waals surface area contributed by atoms with Crippen molar-refractivity contribution in [2.45, 2.75) is 109 Å². The molecule has 4 aliphatic carbocycles. The molecule has 2 N–H and O–H groups in total. The van der Waals surface area contributed by atoms with E-state index in [-0.39, 0.29) is 28.8 Å². The Kier molecular flexibility index (Phi) is 6.07. The van der Waals surface area contributed by atoms with Gasteiger partial charge >= 0.3 is 0 Å². The zero-order chi connectivity index (χ0) is 24.5. The first-order valence-corrected chi connectivity index (χ1v) is 13.2. The van der Waals surface area contributed by atoms with E-state index in [1.54, 1.807) is 13.0 Å². The number of carbonyl (C=O) groups excluding carboxylic acids is 1. The number of hydrogen-bond donors (Lipinski definition) is 2. The van der Waals surface area contributed by atoms with Crippen molar-refractivity contribution in [1.82, 2.24) is 0 Å². The predicted molar refractivity (Wildman–Crippen MR) is 128 cm³/mol. The highest BCUT2D eigenvalue weighted by Crippen LogP contribution is 2.67. The highest BCUT2D eigenvalue weighted by Gasteiger charge is 2.65. The molecule has 0 aromatic rings. The van der Waals surface area contributed by atoms with Gasteiger partial charge in [-0.3, -0.25) is 4.79 Å². The third kappa shape index (κ3) is 3.47. The lowest BCUT2D eigenvalue weighted by molar-refractivity contribution is -0.200. The van der Waals surface area contributed by atoms with E-state index in [0.29, 0.717) is 29.9 Å². The molecule has 6 nitrogen and oxygen atoms in total. The average molecular weight is 475 g/mol. The normalized spacial score (nSPS) is 49.3. The fourth-order valence-corrected chi connectivity index (χ4v) is 8.63. The van der Waals surface area contributed by atoms with E-state index in [4.69, 9.17) is 14.2 Å². The third-order valence-electron chi connectivity index (χ3n) is 10.7. The molecule has 3 saturated carbocycles. The quantitative estimate of drug-likeness (QED) is 0.591. The molecule has 0 spiro atoms. The number of ketones is 1. The second-order valence-corrected chi connectivity index (χ2v) is 12.1. The summed E-state index contributed by atoms with van der Waals surface area (Å²) in [5.41, 5.74) is 0.416. The smallest absolute Gasteiger partial charge is 0.252 e. The maximum absolute atomic E-state index is 12.6. The molecular formula is C28H42O6. The van der Waals surface area contributed by atoms with Crippen LogP contribution in [0.15, 0.2) is 23.5 Å². The number of Topliss-reactive ketones (excluding diaryl/α,β-unsaturated/α-hetero) is 1. The fraction of sp³-hybridized carbons (Fsp3) is 0.821. The van der Waals surface area contributed by atoms with Gasteiger partial charge in [-0.15, -0.1) is 0 Å². The molecule has 1 heterocycles. The molecule has 0 aromatic carbocycles. The Morgan fingerprint density at radius 3 is 2.59 bits per heavy atom. The van der Waals surface area contributed by atoms with Crippen LogP contribution in [0.1, 0.15) is 79.1 Å². The third-order valence-corrected chi connectivity index (χ3v) is 10.7. The lowest BCUT2D eigenvalue weighted by Crippen LogP contribution is -2.58. The molecule has 1 aliphatic heterocycles. The van der Waals surface area contributed by atoms with Crippen LogP contribution >= 0.6 is 0 Å². The molecule has 6 heteroatoms. The standard InChI is InChI=1S/C28H42O6/c1-16-14-23(32-5)24(30)25(33-16)34-19-8-11-26(3)18(15-19)6-7-20-21(26)9-12-27(4)22(20)10-13-28(27,31)17(2)29/h6,14,16-17,19-22,25,29,31H,7-13,15H2,1-5H3. The Balaban J connectivity index is 1.32. The lowest BCUT2D eigenvalue weighted by atomic mass is 9.46. The second kappa shape index (κ2) is 8.43. The number of aliphatic hydroxyl groups is 2. The molecule has 190 valence electrons. The van der Waals surface area contributed by atoms with Crippen molar-refractivity contribution in [2.75, 3.05) is 7.11 Å². The van der Waals surface area contributed by atoms with E-state index in [1.807, 2.05) is 6.92 Å². The van der Waals surface area contributed by atoms with Crippen LogP contribution in [0, 0.1) is 28.6 Å². The molecule has 5 rings (SSSR count). The van der Waals surface area contributed by atoms with Gasteiger partial charge in [0.1, 0.15) is 0 Å². The topological polar surface area (TPSA) is 85.2 Å². The zero-order valence-electron chi connectivity index (χ0n) is 21.4. The van der Waals surface area contributed by atoms with Crippen molar-refractivity contribution >= 4 is 5.78 Å². The van der Waals surface area contributed by atoms with Crippen molar-refractivity contribution in [2.24, 2.45) is 28.6 Å². The maximum atomic E-state index is 12.6.